The van der Waals surface area contributed by atoms with Gasteiger partial charge in [-0.25, -0.2) is 0 Å². The summed E-state index contributed by atoms with van der Waals surface area (Å²) in [6, 6.07) is 17.0. The molecule has 4 nitrogen and oxygen atoms in total. The lowest BCUT2D eigenvalue weighted by molar-refractivity contribution is -0.906. The molecule has 0 aliphatic carbocycles. The van der Waals surface area contributed by atoms with Crippen LogP contribution in [0.2, 0.25) is 0 Å². The van der Waals surface area contributed by atoms with E-state index in [4.69, 9.17) is 0 Å². The highest BCUT2D eigenvalue weighted by Crippen LogP contribution is 2.25. The van der Waals surface area contributed by atoms with Gasteiger partial charge >= 0.3 is 6.17 Å². The number of fused-ring (bicyclic) bond motifs is 3. The minimum Gasteiger partial charge on any atom is -0.254 e. The van der Waals surface area contributed by atoms with Crippen molar-refractivity contribution in [1.29, 1.82) is 0 Å². The van der Waals surface area contributed by atoms with Crippen LogP contribution in [0, 0.1) is 13.8 Å². The van der Waals surface area contributed by atoms with Crippen LogP contribution < -0.4 is 9.13 Å². The van der Waals surface area contributed by atoms with E-state index in [9.17, 15) is 0 Å². The summed E-state index contributed by atoms with van der Waals surface area (Å²) in [5.74, 6) is 0. The monoisotopic (exact) mass is 366 g/mol. The Balaban J connectivity index is 1.50. The molecular weight excluding hydrogens is 344 g/mol. The summed E-state index contributed by atoms with van der Waals surface area (Å²) in [4.78, 5) is 9.11. The van der Waals surface area contributed by atoms with Gasteiger partial charge in [-0.3, -0.25) is 9.97 Å². The largest absolute Gasteiger partial charge is 0.350 e. The van der Waals surface area contributed by atoms with Crippen LogP contribution in [0.15, 0.2) is 73.3 Å². The second kappa shape index (κ2) is 6.34. The van der Waals surface area contributed by atoms with Gasteiger partial charge in [-0.1, -0.05) is 12.1 Å². The molecule has 0 saturated carbocycles. The van der Waals surface area contributed by atoms with E-state index in [2.05, 4.69) is 81.7 Å². The quantitative estimate of drug-likeness (QED) is 0.502. The Morgan fingerprint density at radius 1 is 0.643 bits per heavy atom. The molecule has 1 aliphatic rings. The first kappa shape index (κ1) is 16.8. The maximum Gasteiger partial charge on any atom is 0.350 e. The van der Waals surface area contributed by atoms with Gasteiger partial charge in [0.05, 0.1) is 18.3 Å². The molecule has 0 aromatic carbocycles. The predicted molar refractivity (Wildman–Crippen MR) is 108 cm³/mol. The summed E-state index contributed by atoms with van der Waals surface area (Å²) in [6.07, 6.45) is 8.51. The van der Waals surface area contributed by atoms with E-state index < -0.39 is 0 Å². The van der Waals surface area contributed by atoms with Crippen LogP contribution in [0.3, 0.4) is 0 Å². The molecule has 5 rings (SSSR count). The van der Waals surface area contributed by atoms with Gasteiger partial charge in [0, 0.05) is 41.2 Å². The molecule has 4 aromatic rings. The van der Waals surface area contributed by atoms with Gasteiger partial charge in [0.25, 0.3) is 11.4 Å². The van der Waals surface area contributed by atoms with Gasteiger partial charge in [0.1, 0.15) is 0 Å². The van der Waals surface area contributed by atoms with Crippen LogP contribution in [0.1, 0.15) is 24.2 Å². The van der Waals surface area contributed by atoms with Crippen LogP contribution in [0.4, 0.5) is 0 Å². The summed E-state index contributed by atoms with van der Waals surface area (Å²) in [6.45, 7) is 6.40. The van der Waals surface area contributed by atoms with Crippen LogP contribution in [-0.4, -0.2) is 9.97 Å². The van der Waals surface area contributed by atoms with Crippen molar-refractivity contribution in [1.82, 2.24) is 9.97 Å². The number of rotatable bonds is 2. The van der Waals surface area contributed by atoms with E-state index in [0.717, 1.165) is 28.1 Å². The molecule has 0 spiro atoms. The highest BCUT2D eigenvalue weighted by molar-refractivity contribution is 5.65. The summed E-state index contributed by atoms with van der Waals surface area (Å²) < 4.78 is 4.67. The molecular formula is C24H22N4+2. The lowest BCUT2D eigenvalue weighted by Crippen LogP contribution is -2.50. The van der Waals surface area contributed by atoms with Crippen LogP contribution in [0.25, 0.3) is 33.9 Å². The third kappa shape index (κ3) is 2.69. The fourth-order valence-electron chi connectivity index (χ4n) is 3.84. The maximum atomic E-state index is 4.64. The van der Waals surface area contributed by atoms with Crippen molar-refractivity contribution < 1.29 is 9.13 Å². The number of hydrogen-bond acceptors (Lipinski definition) is 2. The molecule has 4 heteroatoms. The van der Waals surface area contributed by atoms with Crippen molar-refractivity contribution in [2.24, 2.45) is 0 Å². The van der Waals surface area contributed by atoms with Gasteiger partial charge in [-0.05, 0) is 43.7 Å². The maximum absolute atomic E-state index is 4.64. The first-order chi connectivity index (χ1) is 13.6. The van der Waals surface area contributed by atoms with E-state index in [0.29, 0.717) is 0 Å². The SMILES string of the molecule is Cc1ccc(-c2ccc(-c3ccc4[n+](c3)[C@@H](C)[n+]3cc(C)ccc3-4)cn2)nc1. The molecule has 1 atom stereocenters. The van der Waals surface area contributed by atoms with E-state index >= 15 is 0 Å². The minimum absolute atomic E-state index is 0.258. The minimum atomic E-state index is 0.258. The molecule has 0 bridgehead atoms. The van der Waals surface area contributed by atoms with E-state index in [1.54, 1.807) is 0 Å². The summed E-state index contributed by atoms with van der Waals surface area (Å²) in [5.41, 5.74) is 8.98. The van der Waals surface area contributed by atoms with E-state index in [1.807, 2.05) is 31.5 Å². The molecule has 0 unspecified atom stereocenters. The Morgan fingerprint density at radius 3 is 1.93 bits per heavy atom. The average Bonchev–Trinajstić information content (AvgIpc) is 3.00. The standard InChI is InChI=1S/C24H22N4/c1-16-4-8-21(25-12-16)22-9-6-19(13-26-22)20-7-11-24-23-10-5-17(2)14-27(23)18(3)28(24)15-20/h4-15,18H,1-3H3/q+2/t18-/m0/s1. The smallest absolute Gasteiger partial charge is 0.254 e. The number of aromatic nitrogens is 4. The van der Waals surface area contributed by atoms with Crippen molar-refractivity contribution in [2.75, 3.05) is 0 Å². The average molecular weight is 366 g/mol. The Kier molecular flexibility index (Phi) is 3.79. The highest BCUT2D eigenvalue weighted by Gasteiger charge is 2.40. The number of nitrogens with zero attached hydrogens (tertiary/aromatic N) is 4. The molecule has 136 valence electrons. The predicted octanol–water partition coefficient (Wildman–Crippen LogP) is 4.05. The second-order valence-corrected chi connectivity index (χ2v) is 7.49. The molecule has 4 aromatic heterocycles. The molecule has 0 amide bonds. The third-order valence-corrected chi connectivity index (χ3v) is 5.44. The molecule has 0 saturated heterocycles. The van der Waals surface area contributed by atoms with E-state index in [1.165, 1.54) is 17.0 Å². The van der Waals surface area contributed by atoms with Gasteiger partial charge < -0.3 is 0 Å². The lowest BCUT2D eigenvalue weighted by Gasteiger charge is -2.04. The molecule has 28 heavy (non-hydrogen) atoms. The first-order valence-electron chi connectivity index (χ1n) is 9.57. The summed E-state index contributed by atoms with van der Waals surface area (Å²) in [5, 5.41) is 0. The molecule has 0 N–H and O–H groups in total. The zero-order valence-corrected chi connectivity index (χ0v) is 16.3. The Bertz CT molecular complexity index is 1180. The molecule has 5 heterocycles. The molecule has 0 radical (unpaired) electrons. The Hall–Kier alpha value is -3.40. The fourth-order valence-corrected chi connectivity index (χ4v) is 3.84. The number of pyridine rings is 4. The topological polar surface area (TPSA) is 33.5 Å². The third-order valence-electron chi connectivity index (χ3n) is 5.44. The van der Waals surface area contributed by atoms with Gasteiger partial charge in [0.15, 0.2) is 12.4 Å². The number of aryl methyl sites for hydroxylation is 2. The zero-order valence-electron chi connectivity index (χ0n) is 16.3. The van der Waals surface area contributed by atoms with Crippen molar-refractivity contribution in [3.8, 4) is 33.9 Å². The number of hydrogen-bond donors (Lipinski definition) is 0. The summed E-state index contributed by atoms with van der Waals surface area (Å²) in [7, 11) is 0. The van der Waals surface area contributed by atoms with Crippen molar-refractivity contribution in [3.63, 3.8) is 0 Å². The fraction of sp³-hybridized carbons (Fsp3) is 0.167. The van der Waals surface area contributed by atoms with Gasteiger partial charge in [0.2, 0.25) is 0 Å². The second-order valence-electron chi connectivity index (χ2n) is 7.49. The highest BCUT2D eigenvalue weighted by atomic mass is 15.3. The van der Waals surface area contributed by atoms with Crippen molar-refractivity contribution >= 4 is 0 Å². The zero-order chi connectivity index (χ0) is 19.3. The van der Waals surface area contributed by atoms with E-state index in [-0.39, 0.29) is 6.17 Å². The normalized spacial score (nSPS) is 14.6. The lowest BCUT2D eigenvalue weighted by atomic mass is 10.1. The molecule has 0 fully saturated rings. The summed E-state index contributed by atoms with van der Waals surface area (Å²) >= 11 is 0. The first-order valence-corrected chi connectivity index (χ1v) is 9.57. The van der Waals surface area contributed by atoms with Crippen molar-refractivity contribution in [3.05, 3.63) is 84.4 Å². The van der Waals surface area contributed by atoms with Crippen LogP contribution in [-0.2, 0) is 0 Å². The van der Waals surface area contributed by atoms with Crippen LogP contribution in [0.5, 0.6) is 0 Å². The van der Waals surface area contributed by atoms with Gasteiger partial charge in [-0.2, -0.15) is 0 Å². The molecule has 1 aliphatic heterocycles. The van der Waals surface area contributed by atoms with Crippen LogP contribution >= 0.6 is 0 Å². The van der Waals surface area contributed by atoms with Crippen molar-refractivity contribution in [2.45, 2.75) is 26.9 Å². The Labute approximate surface area is 164 Å². The van der Waals surface area contributed by atoms with Gasteiger partial charge in [-0.15, -0.1) is 9.13 Å². The Morgan fingerprint density at radius 2 is 1.25 bits per heavy atom.